The van der Waals surface area contributed by atoms with Crippen molar-refractivity contribution in [2.75, 3.05) is 40.9 Å². The number of hydrogen-bond donors (Lipinski definition) is 3. The molecule has 8 nitrogen and oxygen atoms in total. The number of carbonyl (C=O) groups excluding carboxylic acids is 1. The van der Waals surface area contributed by atoms with Crippen LogP contribution < -0.4 is 5.32 Å². The van der Waals surface area contributed by atoms with Crippen molar-refractivity contribution in [2.24, 2.45) is 0 Å². The number of allylic oxidation sites excluding steroid dienone is 21. The number of aliphatic hydroxyl groups excluding tert-OH is 1. The Morgan fingerprint density at radius 2 is 0.884 bits per heavy atom. The molecule has 0 fully saturated rings. The van der Waals surface area contributed by atoms with E-state index in [-0.39, 0.29) is 19.1 Å². The number of nitrogens with one attached hydrogen (secondary N) is 1. The lowest BCUT2D eigenvalue weighted by molar-refractivity contribution is -0.870. The molecule has 0 aliphatic heterocycles. The van der Waals surface area contributed by atoms with Crippen molar-refractivity contribution in [1.29, 1.82) is 0 Å². The van der Waals surface area contributed by atoms with E-state index in [1.165, 1.54) is 57.8 Å². The molecule has 0 aromatic carbocycles. The second kappa shape index (κ2) is 49.6. The molecule has 0 aromatic heterocycles. The van der Waals surface area contributed by atoms with Gasteiger partial charge < -0.3 is 19.8 Å². The van der Waals surface area contributed by atoms with E-state index in [0.717, 1.165) is 109 Å². The fourth-order valence-corrected chi connectivity index (χ4v) is 7.61. The van der Waals surface area contributed by atoms with E-state index in [4.69, 9.17) is 9.05 Å². The number of carbonyl (C=O) groups is 1. The van der Waals surface area contributed by atoms with Crippen molar-refractivity contribution in [2.45, 2.75) is 199 Å². The van der Waals surface area contributed by atoms with Crippen molar-refractivity contribution in [1.82, 2.24) is 5.32 Å². The maximum atomic E-state index is 12.9. The Hall–Kier alpha value is -3.36. The zero-order chi connectivity index (χ0) is 50.6. The summed E-state index contributed by atoms with van der Waals surface area (Å²) in [6, 6.07) is -0.878. The summed E-state index contributed by atoms with van der Waals surface area (Å²) in [5, 5.41) is 13.8. The Morgan fingerprint density at radius 1 is 0.507 bits per heavy atom. The Morgan fingerprint density at radius 3 is 1.33 bits per heavy atom. The van der Waals surface area contributed by atoms with Gasteiger partial charge in [0.05, 0.1) is 39.9 Å². The van der Waals surface area contributed by atoms with Crippen LogP contribution in [0.15, 0.2) is 134 Å². The van der Waals surface area contributed by atoms with Gasteiger partial charge in [-0.3, -0.25) is 13.8 Å². The molecule has 0 spiro atoms. The van der Waals surface area contributed by atoms with Crippen LogP contribution in [0.5, 0.6) is 0 Å². The predicted octanol–water partition coefficient (Wildman–Crippen LogP) is 16.4. The Labute approximate surface area is 424 Å². The van der Waals surface area contributed by atoms with Crippen molar-refractivity contribution < 1.29 is 32.9 Å². The molecule has 3 N–H and O–H groups in total. The number of unbranched alkanes of at least 4 members (excludes halogenated alkanes) is 14. The minimum Gasteiger partial charge on any atom is -0.387 e. The fraction of sp³-hybridized carbons (Fsp3) is 0.617. The van der Waals surface area contributed by atoms with Gasteiger partial charge in [0, 0.05) is 6.42 Å². The molecule has 0 saturated heterocycles. The highest BCUT2D eigenvalue weighted by Gasteiger charge is 2.27. The summed E-state index contributed by atoms with van der Waals surface area (Å²) < 4.78 is 23.6. The lowest BCUT2D eigenvalue weighted by atomic mass is 10.1. The van der Waals surface area contributed by atoms with E-state index in [9.17, 15) is 19.4 Å². The highest BCUT2D eigenvalue weighted by molar-refractivity contribution is 7.47. The third kappa shape index (κ3) is 52.3. The van der Waals surface area contributed by atoms with Crippen LogP contribution in [0.2, 0.25) is 0 Å². The van der Waals surface area contributed by atoms with Gasteiger partial charge in [-0.1, -0.05) is 212 Å². The van der Waals surface area contributed by atoms with Gasteiger partial charge in [0.15, 0.2) is 0 Å². The Bertz CT molecular complexity index is 1580. The molecule has 0 heterocycles. The number of nitrogens with zero attached hydrogens (tertiary/aromatic N) is 1. The predicted molar refractivity (Wildman–Crippen MR) is 299 cm³/mol. The van der Waals surface area contributed by atoms with Crippen molar-refractivity contribution >= 4 is 13.7 Å². The minimum absolute atomic E-state index is 0.0464. The number of likely N-dealkylation sites (N-methyl/N-ethyl adjacent to an activating group) is 1. The van der Waals surface area contributed by atoms with Gasteiger partial charge in [0.2, 0.25) is 5.91 Å². The highest BCUT2D eigenvalue weighted by atomic mass is 31.2. The molecular formula is C60H102N2O6P+. The zero-order valence-corrected chi connectivity index (χ0v) is 45.4. The van der Waals surface area contributed by atoms with Crippen LogP contribution in [-0.2, 0) is 18.4 Å². The van der Waals surface area contributed by atoms with Gasteiger partial charge in [-0.15, -0.1) is 0 Å². The van der Waals surface area contributed by atoms with E-state index in [1.54, 1.807) is 6.08 Å². The number of hydrogen-bond acceptors (Lipinski definition) is 5. The number of phosphoric ester groups is 1. The molecule has 0 aromatic rings. The molecule has 69 heavy (non-hydrogen) atoms. The van der Waals surface area contributed by atoms with Gasteiger partial charge in [-0.05, 0) is 103 Å². The third-order valence-corrected chi connectivity index (χ3v) is 12.1. The van der Waals surface area contributed by atoms with Crippen LogP contribution in [0.4, 0.5) is 0 Å². The summed E-state index contributed by atoms with van der Waals surface area (Å²) in [5.74, 6) is -0.206. The maximum absolute atomic E-state index is 12.9. The smallest absolute Gasteiger partial charge is 0.387 e. The molecule has 0 aliphatic carbocycles. The molecule has 392 valence electrons. The summed E-state index contributed by atoms with van der Waals surface area (Å²) in [5.41, 5.74) is 0. The summed E-state index contributed by atoms with van der Waals surface area (Å²) in [7, 11) is 1.52. The van der Waals surface area contributed by atoms with Gasteiger partial charge in [0.25, 0.3) is 0 Å². The maximum Gasteiger partial charge on any atom is 0.472 e. The standard InChI is InChI=1S/C60H101N2O6P/c1-6-8-10-12-14-16-18-20-21-22-23-24-25-26-27-28-29-30-31-32-33-34-35-36-37-38-39-40-41-42-44-46-48-50-52-54-60(64)61-58(57-68-69(65,66)67-56-55-62(3,4)5)59(63)53-51-49-47-45-43-19-17-15-13-11-9-7-2/h8,10,14,16,20-21,23-24,26-27,29-30,32-33,35-36,38-39,43,45,51,53,58-59,63H,6-7,9,11-13,15,17-19,22,25,28,31,34,37,40-42,44,46-50,52,54-57H2,1-5H3,(H-,61,64,65,66)/p+1/b10-8-,16-14-,21-20-,24-23-,27-26-,30-29-,33-32-,36-35-,39-38-,45-43+,53-51+. The van der Waals surface area contributed by atoms with E-state index < -0.39 is 20.0 Å². The first-order valence-electron chi connectivity index (χ1n) is 27.1. The first-order chi connectivity index (χ1) is 33.5. The SMILES string of the molecule is CC/C=C\C/C=C\C/C=C\C/C=C\C/C=C\C/C=C\C/C=C\C/C=C\C/C=C\CCCCCCCCCC(=O)NC(COP(=O)(O)OCC[N+](C)(C)C)C(O)/C=C/CC/C=C/CCCCCCCC. The molecule has 1 amide bonds. The molecule has 0 saturated carbocycles. The fourth-order valence-electron chi connectivity index (χ4n) is 6.87. The number of phosphoric acid groups is 1. The Balaban J connectivity index is 4.21. The van der Waals surface area contributed by atoms with Crippen LogP contribution in [0.1, 0.15) is 187 Å². The minimum atomic E-state index is -4.36. The van der Waals surface area contributed by atoms with Crippen molar-refractivity contribution in [3.05, 3.63) is 134 Å². The van der Waals surface area contributed by atoms with Gasteiger partial charge >= 0.3 is 7.82 Å². The van der Waals surface area contributed by atoms with E-state index >= 15 is 0 Å². The summed E-state index contributed by atoms with van der Waals surface area (Å²) in [4.78, 5) is 23.2. The van der Waals surface area contributed by atoms with Crippen LogP contribution in [0.25, 0.3) is 0 Å². The molecule has 0 aliphatic rings. The summed E-state index contributed by atoms with van der Waals surface area (Å²) >= 11 is 0. The summed E-state index contributed by atoms with van der Waals surface area (Å²) in [6.45, 7) is 4.62. The zero-order valence-electron chi connectivity index (χ0n) is 44.5. The molecule has 0 radical (unpaired) electrons. The van der Waals surface area contributed by atoms with Crippen LogP contribution >= 0.6 is 7.82 Å². The average Bonchev–Trinajstić information content (AvgIpc) is 3.31. The average molecular weight is 978 g/mol. The number of rotatable bonds is 47. The molecule has 0 bridgehead atoms. The van der Waals surface area contributed by atoms with Crippen LogP contribution in [0, 0.1) is 0 Å². The number of quaternary nitrogens is 1. The van der Waals surface area contributed by atoms with Gasteiger partial charge in [-0.2, -0.15) is 0 Å². The Kier molecular flexibility index (Phi) is 47.2. The lowest BCUT2D eigenvalue weighted by Crippen LogP contribution is -2.45. The number of aliphatic hydroxyl groups is 1. The van der Waals surface area contributed by atoms with E-state index in [0.29, 0.717) is 17.4 Å². The van der Waals surface area contributed by atoms with Crippen molar-refractivity contribution in [3.8, 4) is 0 Å². The summed E-state index contributed by atoms with van der Waals surface area (Å²) in [6.07, 6.45) is 75.5. The quantitative estimate of drug-likeness (QED) is 0.0243. The van der Waals surface area contributed by atoms with E-state index in [2.05, 4.69) is 141 Å². The monoisotopic (exact) mass is 978 g/mol. The first-order valence-corrected chi connectivity index (χ1v) is 28.6. The lowest BCUT2D eigenvalue weighted by Gasteiger charge is -2.25. The van der Waals surface area contributed by atoms with Crippen LogP contribution in [-0.4, -0.2) is 73.4 Å². The second-order valence-corrected chi connectivity index (χ2v) is 20.3. The molecule has 9 heteroatoms. The molecule has 3 unspecified atom stereocenters. The topological polar surface area (TPSA) is 105 Å². The molecule has 3 atom stereocenters. The third-order valence-electron chi connectivity index (χ3n) is 11.1. The second-order valence-electron chi connectivity index (χ2n) is 18.9. The highest BCUT2D eigenvalue weighted by Crippen LogP contribution is 2.43. The van der Waals surface area contributed by atoms with Gasteiger partial charge in [0.1, 0.15) is 13.2 Å². The normalized spacial score (nSPS) is 15.1. The first kappa shape index (κ1) is 65.6. The largest absolute Gasteiger partial charge is 0.472 e. The molecule has 0 rings (SSSR count). The van der Waals surface area contributed by atoms with E-state index in [1.807, 2.05) is 27.2 Å². The van der Waals surface area contributed by atoms with Crippen molar-refractivity contribution in [3.63, 3.8) is 0 Å². The van der Waals surface area contributed by atoms with Crippen LogP contribution in [0.3, 0.4) is 0 Å². The van der Waals surface area contributed by atoms with Gasteiger partial charge in [-0.25, -0.2) is 4.57 Å². The molecular weight excluding hydrogens is 876 g/mol. The number of amides is 1.